The number of aromatic amines is 2. The smallest absolute Gasteiger partial charge is 0.306 e. The van der Waals surface area contributed by atoms with Crippen LogP contribution in [0.2, 0.25) is 0 Å². The molecule has 0 fully saturated rings. The Kier molecular flexibility index (Phi) is 3.39. The number of fused-ring (bicyclic) bond motifs is 1. The van der Waals surface area contributed by atoms with Gasteiger partial charge in [-0.25, -0.2) is 4.98 Å². The quantitative estimate of drug-likeness (QED) is 0.663. The second-order valence-corrected chi connectivity index (χ2v) is 4.84. The van der Waals surface area contributed by atoms with Gasteiger partial charge in [0.25, 0.3) is 5.56 Å². The molecule has 0 radical (unpaired) electrons. The van der Waals surface area contributed by atoms with Crippen LogP contribution in [0.15, 0.2) is 29.2 Å². The van der Waals surface area contributed by atoms with Gasteiger partial charge in [0.2, 0.25) is 0 Å². The minimum atomic E-state index is -4.99. The van der Waals surface area contributed by atoms with E-state index in [4.69, 9.17) is 0 Å². The third-order valence-electron chi connectivity index (χ3n) is 3.18. The molecule has 0 aliphatic heterocycles. The van der Waals surface area contributed by atoms with Crippen LogP contribution in [-0.2, 0) is 12.4 Å². The number of aromatic nitrogens is 4. The van der Waals surface area contributed by atoms with Gasteiger partial charge in [-0.15, -0.1) is 0 Å². The van der Waals surface area contributed by atoms with Crippen LogP contribution in [0.1, 0.15) is 11.1 Å². The Bertz CT molecular complexity index is 937. The topological polar surface area (TPSA) is 74.4 Å². The summed E-state index contributed by atoms with van der Waals surface area (Å²) in [4.78, 5) is 17.8. The zero-order valence-corrected chi connectivity index (χ0v) is 11.4. The Morgan fingerprint density at radius 2 is 1.50 bits per heavy atom. The molecule has 5 nitrogen and oxygen atoms in total. The third-order valence-corrected chi connectivity index (χ3v) is 3.18. The molecule has 0 bridgehead atoms. The molecule has 3 aromatic rings. The molecule has 0 unspecified atom stereocenters. The average molecular weight is 348 g/mol. The third kappa shape index (κ3) is 2.84. The molecule has 0 saturated heterocycles. The summed E-state index contributed by atoms with van der Waals surface area (Å²) in [7, 11) is 0. The molecule has 2 heterocycles. The van der Waals surface area contributed by atoms with Crippen molar-refractivity contribution >= 4 is 11.0 Å². The maximum Gasteiger partial charge on any atom is 0.416 e. The van der Waals surface area contributed by atoms with Gasteiger partial charge in [0.1, 0.15) is 11.2 Å². The maximum absolute atomic E-state index is 12.9. The van der Waals surface area contributed by atoms with Crippen molar-refractivity contribution < 1.29 is 26.3 Å². The van der Waals surface area contributed by atoms with Gasteiger partial charge in [0.15, 0.2) is 5.65 Å². The Morgan fingerprint density at radius 3 is 2.04 bits per heavy atom. The number of rotatable bonds is 1. The standard InChI is InChI=1S/C13H6F6N4O/c14-12(15,16)6-1-5(2-7(3-6)13(17,18)19)9-21-10-8(4-20-23-10)11(24)22-9/h1-4H,(H2,20,21,22,23,24). The maximum atomic E-state index is 12.9. The van der Waals surface area contributed by atoms with Gasteiger partial charge in [0, 0.05) is 5.56 Å². The van der Waals surface area contributed by atoms with E-state index in [9.17, 15) is 31.1 Å². The number of halogens is 6. The second-order valence-electron chi connectivity index (χ2n) is 4.84. The SMILES string of the molecule is O=c1[nH]c(-c2cc(C(F)(F)F)cc(C(F)(F)F)c2)nc2[nH]ncc12. The van der Waals surface area contributed by atoms with Crippen LogP contribution in [0, 0.1) is 0 Å². The Labute approximate surface area is 128 Å². The van der Waals surface area contributed by atoms with Crippen LogP contribution in [0.4, 0.5) is 26.3 Å². The van der Waals surface area contributed by atoms with Gasteiger partial charge in [-0.05, 0) is 18.2 Å². The van der Waals surface area contributed by atoms with Crippen molar-refractivity contribution in [2.75, 3.05) is 0 Å². The highest BCUT2D eigenvalue weighted by molar-refractivity contribution is 5.75. The van der Waals surface area contributed by atoms with E-state index in [0.29, 0.717) is 12.1 Å². The van der Waals surface area contributed by atoms with Crippen molar-refractivity contribution in [2.45, 2.75) is 12.4 Å². The van der Waals surface area contributed by atoms with E-state index in [1.54, 1.807) is 0 Å². The zero-order chi connectivity index (χ0) is 17.7. The summed E-state index contributed by atoms with van der Waals surface area (Å²) in [5.74, 6) is -0.437. The normalized spacial score (nSPS) is 12.8. The van der Waals surface area contributed by atoms with E-state index in [1.807, 2.05) is 0 Å². The number of hydrogen-bond acceptors (Lipinski definition) is 3. The summed E-state index contributed by atoms with van der Waals surface area (Å²) in [5.41, 5.74) is -4.32. The number of hydrogen-bond donors (Lipinski definition) is 2. The van der Waals surface area contributed by atoms with Crippen LogP contribution in [-0.4, -0.2) is 20.2 Å². The number of benzene rings is 1. The van der Waals surface area contributed by atoms with Crippen LogP contribution in [0.3, 0.4) is 0 Å². The highest BCUT2D eigenvalue weighted by Crippen LogP contribution is 2.37. The lowest BCUT2D eigenvalue weighted by molar-refractivity contribution is -0.143. The van der Waals surface area contributed by atoms with Gasteiger partial charge in [0.05, 0.1) is 17.3 Å². The molecule has 2 N–H and O–H groups in total. The molecule has 0 amide bonds. The molecule has 24 heavy (non-hydrogen) atoms. The van der Waals surface area contributed by atoms with E-state index in [-0.39, 0.29) is 17.1 Å². The van der Waals surface area contributed by atoms with Crippen molar-refractivity contribution in [2.24, 2.45) is 0 Å². The fourth-order valence-corrected chi connectivity index (χ4v) is 2.07. The van der Waals surface area contributed by atoms with E-state index < -0.39 is 40.4 Å². The highest BCUT2D eigenvalue weighted by Gasteiger charge is 2.37. The van der Waals surface area contributed by atoms with Gasteiger partial charge in [-0.3, -0.25) is 9.89 Å². The number of nitrogens with one attached hydrogen (secondary N) is 2. The Balaban J connectivity index is 2.27. The zero-order valence-electron chi connectivity index (χ0n) is 11.4. The van der Waals surface area contributed by atoms with Crippen LogP contribution < -0.4 is 5.56 Å². The van der Waals surface area contributed by atoms with E-state index in [1.165, 1.54) is 0 Å². The van der Waals surface area contributed by atoms with E-state index in [0.717, 1.165) is 6.20 Å². The first-order valence-electron chi connectivity index (χ1n) is 6.29. The van der Waals surface area contributed by atoms with Gasteiger partial charge in [-0.2, -0.15) is 31.4 Å². The summed E-state index contributed by atoms with van der Waals surface area (Å²) < 4.78 is 77.2. The van der Waals surface area contributed by atoms with E-state index >= 15 is 0 Å². The highest BCUT2D eigenvalue weighted by atomic mass is 19.4. The van der Waals surface area contributed by atoms with Crippen molar-refractivity contribution in [3.63, 3.8) is 0 Å². The molecular weight excluding hydrogens is 342 g/mol. The number of H-pyrrole nitrogens is 2. The van der Waals surface area contributed by atoms with Crippen molar-refractivity contribution in [1.82, 2.24) is 20.2 Å². The van der Waals surface area contributed by atoms with Crippen molar-refractivity contribution in [3.8, 4) is 11.4 Å². The van der Waals surface area contributed by atoms with Gasteiger partial charge in [-0.1, -0.05) is 0 Å². The van der Waals surface area contributed by atoms with Gasteiger partial charge >= 0.3 is 12.4 Å². The number of alkyl halides is 6. The molecule has 0 spiro atoms. The Hall–Kier alpha value is -2.85. The van der Waals surface area contributed by atoms with E-state index in [2.05, 4.69) is 20.2 Å². The molecule has 11 heteroatoms. The summed E-state index contributed by atoms with van der Waals surface area (Å²) in [5, 5.41) is 5.91. The second kappa shape index (κ2) is 5.08. The molecule has 0 aliphatic carbocycles. The monoisotopic (exact) mass is 348 g/mol. The van der Waals surface area contributed by atoms with Crippen LogP contribution in [0.25, 0.3) is 22.4 Å². The first kappa shape index (κ1) is 16.0. The molecular formula is C13H6F6N4O. The largest absolute Gasteiger partial charge is 0.416 e. The molecule has 0 saturated carbocycles. The summed E-state index contributed by atoms with van der Waals surface area (Å²) in [6, 6.07) is 0.960. The minimum absolute atomic E-state index is 0.00364. The van der Waals surface area contributed by atoms with Crippen molar-refractivity contribution in [1.29, 1.82) is 0 Å². The Morgan fingerprint density at radius 1 is 0.917 bits per heavy atom. The first-order chi connectivity index (χ1) is 11.1. The molecule has 0 aliphatic rings. The van der Waals surface area contributed by atoms with Crippen LogP contribution >= 0.6 is 0 Å². The molecule has 0 atom stereocenters. The lowest BCUT2D eigenvalue weighted by Gasteiger charge is -2.13. The lowest BCUT2D eigenvalue weighted by atomic mass is 10.0. The lowest BCUT2D eigenvalue weighted by Crippen LogP contribution is -2.13. The average Bonchev–Trinajstić information content (AvgIpc) is 2.94. The molecule has 2 aromatic heterocycles. The predicted octanol–water partition coefficient (Wildman–Crippen LogP) is 3.35. The van der Waals surface area contributed by atoms with Crippen LogP contribution in [0.5, 0.6) is 0 Å². The summed E-state index contributed by atoms with van der Waals surface area (Å²) >= 11 is 0. The van der Waals surface area contributed by atoms with Crippen molar-refractivity contribution in [3.05, 3.63) is 45.9 Å². The first-order valence-corrected chi connectivity index (χ1v) is 6.29. The minimum Gasteiger partial charge on any atom is -0.306 e. The fourth-order valence-electron chi connectivity index (χ4n) is 2.07. The summed E-state index contributed by atoms with van der Waals surface area (Å²) in [6.07, 6.45) is -8.85. The molecule has 3 rings (SSSR count). The van der Waals surface area contributed by atoms with Gasteiger partial charge < -0.3 is 4.98 Å². The fraction of sp³-hybridized carbons (Fsp3) is 0.154. The predicted molar refractivity (Wildman–Crippen MR) is 69.9 cm³/mol. The molecule has 126 valence electrons. The summed E-state index contributed by atoms with van der Waals surface area (Å²) in [6.45, 7) is 0. The number of nitrogens with zero attached hydrogens (tertiary/aromatic N) is 2. The molecule has 1 aromatic carbocycles.